The first-order valence-corrected chi connectivity index (χ1v) is 4.94. The Morgan fingerprint density at radius 3 is 3.20 bits per heavy atom. The van der Waals surface area contributed by atoms with Gasteiger partial charge in [0.15, 0.2) is 5.82 Å². The largest absolute Gasteiger partial charge is 0.376 e. The minimum Gasteiger partial charge on any atom is -0.376 e. The summed E-state index contributed by atoms with van der Waals surface area (Å²) >= 11 is 0. The molecule has 2 rings (SSSR count). The molecular formula is C9H13N3O3. The minimum atomic E-state index is -0.534. The highest BCUT2D eigenvalue weighted by atomic mass is 16.6. The van der Waals surface area contributed by atoms with Gasteiger partial charge in [-0.05, 0) is 6.92 Å². The molecule has 1 unspecified atom stereocenters. The number of carbonyl (C=O) groups excluding carboxylic acids is 1. The third kappa shape index (κ3) is 2.05. The van der Waals surface area contributed by atoms with Crippen LogP contribution in [0.3, 0.4) is 0 Å². The monoisotopic (exact) mass is 211 g/mol. The lowest BCUT2D eigenvalue weighted by Gasteiger charge is -2.21. The molecule has 1 saturated heterocycles. The molecule has 0 bridgehead atoms. The first-order valence-electron chi connectivity index (χ1n) is 4.94. The molecule has 1 aliphatic heterocycles. The van der Waals surface area contributed by atoms with Crippen LogP contribution >= 0.6 is 0 Å². The standard InChI is InChI=1S/C9H13N3O3/c1-2-12-9(10-6-11-12)8(13)7-5-14-3-4-15-7/h6-7H,2-5H2,1H3. The Morgan fingerprint density at radius 1 is 1.67 bits per heavy atom. The molecule has 0 spiro atoms. The summed E-state index contributed by atoms with van der Waals surface area (Å²) < 4.78 is 12.0. The molecule has 0 aromatic carbocycles. The van der Waals surface area contributed by atoms with Crippen molar-refractivity contribution in [1.82, 2.24) is 14.8 Å². The quantitative estimate of drug-likeness (QED) is 0.653. The summed E-state index contributed by atoms with van der Waals surface area (Å²) in [4.78, 5) is 15.8. The maximum absolute atomic E-state index is 11.9. The Hall–Kier alpha value is -1.27. The topological polar surface area (TPSA) is 66.2 Å². The lowest BCUT2D eigenvalue weighted by molar-refractivity contribution is -0.0723. The van der Waals surface area contributed by atoms with Gasteiger partial charge in [-0.1, -0.05) is 0 Å². The Bertz CT molecular complexity index is 344. The van der Waals surface area contributed by atoms with Crippen LogP contribution in [0.15, 0.2) is 6.33 Å². The van der Waals surface area contributed by atoms with Crippen LogP contribution in [0.25, 0.3) is 0 Å². The zero-order valence-corrected chi connectivity index (χ0v) is 8.55. The molecule has 1 aromatic rings. The molecule has 1 aliphatic rings. The van der Waals surface area contributed by atoms with E-state index in [-0.39, 0.29) is 5.78 Å². The second kappa shape index (κ2) is 4.50. The summed E-state index contributed by atoms with van der Waals surface area (Å²) in [6.45, 7) is 3.83. The van der Waals surface area contributed by atoms with Crippen molar-refractivity contribution >= 4 is 5.78 Å². The van der Waals surface area contributed by atoms with Crippen LogP contribution in [-0.4, -0.2) is 46.5 Å². The van der Waals surface area contributed by atoms with Crippen LogP contribution in [0, 0.1) is 0 Å². The Kier molecular flexibility index (Phi) is 3.08. The Morgan fingerprint density at radius 2 is 2.53 bits per heavy atom. The van der Waals surface area contributed by atoms with E-state index in [1.165, 1.54) is 6.33 Å². The summed E-state index contributed by atoms with van der Waals surface area (Å²) in [5.74, 6) is 0.182. The molecule has 1 fully saturated rings. The number of ether oxygens (including phenoxy) is 2. The Balaban J connectivity index is 2.12. The van der Waals surface area contributed by atoms with Gasteiger partial charge in [-0.15, -0.1) is 0 Å². The van der Waals surface area contributed by atoms with Crippen LogP contribution in [0.1, 0.15) is 17.5 Å². The fourth-order valence-electron chi connectivity index (χ4n) is 1.47. The molecule has 0 amide bonds. The van der Waals surface area contributed by atoms with Gasteiger partial charge in [0.25, 0.3) is 0 Å². The number of hydrogen-bond donors (Lipinski definition) is 0. The van der Waals surface area contributed by atoms with Gasteiger partial charge in [-0.25, -0.2) is 9.67 Å². The van der Waals surface area contributed by atoms with E-state index in [2.05, 4.69) is 10.1 Å². The molecule has 0 saturated carbocycles. The number of ketones is 1. The van der Waals surface area contributed by atoms with Gasteiger partial charge in [0.1, 0.15) is 12.4 Å². The van der Waals surface area contributed by atoms with Crippen LogP contribution in [-0.2, 0) is 16.0 Å². The predicted molar refractivity (Wildman–Crippen MR) is 50.6 cm³/mol. The third-order valence-corrected chi connectivity index (χ3v) is 2.24. The summed E-state index contributed by atoms with van der Waals surface area (Å²) in [6, 6.07) is 0. The smallest absolute Gasteiger partial charge is 0.230 e. The second-order valence-corrected chi connectivity index (χ2v) is 3.20. The van der Waals surface area contributed by atoms with Crippen molar-refractivity contribution < 1.29 is 14.3 Å². The summed E-state index contributed by atoms with van der Waals surface area (Å²) in [5.41, 5.74) is 0. The molecule has 0 aliphatic carbocycles. The molecule has 6 nitrogen and oxygen atoms in total. The van der Waals surface area contributed by atoms with Crippen molar-refractivity contribution in [2.24, 2.45) is 0 Å². The van der Waals surface area contributed by atoms with Gasteiger partial charge < -0.3 is 9.47 Å². The molecule has 1 atom stereocenters. The summed E-state index contributed by atoms with van der Waals surface area (Å²) in [5, 5.41) is 3.94. The van der Waals surface area contributed by atoms with Crippen LogP contribution < -0.4 is 0 Å². The van der Waals surface area contributed by atoms with E-state index in [0.717, 1.165) is 0 Å². The van der Waals surface area contributed by atoms with Crippen LogP contribution in [0.4, 0.5) is 0 Å². The molecule has 82 valence electrons. The maximum Gasteiger partial charge on any atom is 0.230 e. The second-order valence-electron chi connectivity index (χ2n) is 3.20. The van der Waals surface area contributed by atoms with Gasteiger partial charge in [0.2, 0.25) is 5.78 Å². The average Bonchev–Trinajstić information content (AvgIpc) is 2.77. The first-order chi connectivity index (χ1) is 7.33. The fourth-order valence-corrected chi connectivity index (χ4v) is 1.47. The molecule has 0 N–H and O–H groups in total. The normalized spacial score (nSPS) is 21.5. The third-order valence-electron chi connectivity index (χ3n) is 2.24. The molecular weight excluding hydrogens is 198 g/mol. The number of aryl methyl sites for hydroxylation is 1. The van der Waals surface area contributed by atoms with E-state index in [4.69, 9.17) is 9.47 Å². The van der Waals surface area contributed by atoms with Gasteiger partial charge in [0.05, 0.1) is 19.8 Å². The van der Waals surface area contributed by atoms with Gasteiger partial charge in [0, 0.05) is 6.54 Å². The predicted octanol–water partition coefficient (Wildman–Crippen LogP) is -0.104. The number of nitrogens with zero attached hydrogens (tertiary/aromatic N) is 3. The molecule has 2 heterocycles. The summed E-state index contributed by atoms with van der Waals surface area (Å²) in [7, 11) is 0. The lowest BCUT2D eigenvalue weighted by Crippen LogP contribution is -2.36. The maximum atomic E-state index is 11.9. The highest BCUT2D eigenvalue weighted by molar-refractivity contribution is 5.96. The van der Waals surface area contributed by atoms with E-state index in [1.54, 1.807) is 4.68 Å². The first kappa shape index (κ1) is 10.3. The van der Waals surface area contributed by atoms with Crippen molar-refractivity contribution in [3.8, 4) is 0 Å². The van der Waals surface area contributed by atoms with Gasteiger partial charge in [-0.2, -0.15) is 5.10 Å². The average molecular weight is 211 g/mol. The Labute approximate surface area is 87.2 Å². The van der Waals surface area contributed by atoms with Crippen molar-refractivity contribution in [2.45, 2.75) is 19.6 Å². The van der Waals surface area contributed by atoms with Gasteiger partial charge in [-0.3, -0.25) is 4.79 Å². The highest BCUT2D eigenvalue weighted by Gasteiger charge is 2.27. The molecule has 15 heavy (non-hydrogen) atoms. The highest BCUT2D eigenvalue weighted by Crippen LogP contribution is 2.07. The number of rotatable bonds is 3. The molecule has 6 heteroatoms. The van der Waals surface area contributed by atoms with E-state index in [9.17, 15) is 4.79 Å². The number of aromatic nitrogens is 3. The van der Waals surface area contributed by atoms with Crippen molar-refractivity contribution in [3.63, 3.8) is 0 Å². The lowest BCUT2D eigenvalue weighted by atomic mass is 10.2. The van der Waals surface area contributed by atoms with Crippen molar-refractivity contribution in [2.75, 3.05) is 19.8 Å². The molecule has 0 radical (unpaired) electrons. The van der Waals surface area contributed by atoms with Gasteiger partial charge >= 0.3 is 0 Å². The van der Waals surface area contributed by atoms with Crippen molar-refractivity contribution in [3.05, 3.63) is 12.2 Å². The van der Waals surface area contributed by atoms with Crippen molar-refractivity contribution in [1.29, 1.82) is 0 Å². The van der Waals surface area contributed by atoms with E-state index in [1.807, 2.05) is 6.92 Å². The summed E-state index contributed by atoms with van der Waals surface area (Å²) in [6.07, 6.45) is 0.841. The number of carbonyl (C=O) groups is 1. The minimum absolute atomic E-state index is 0.158. The number of hydrogen-bond acceptors (Lipinski definition) is 5. The van der Waals surface area contributed by atoms with Crippen LogP contribution in [0.5, 0.6) is 0 Å². The SMILES string of the molecule is CCn1ncnc1C(=O)C1COCCO1. The van der Waals surface area contributed by atoms with Crippen LogP contribution in [0.2, 0.25) is 0 Å². The van der Waals surface area contributed by atoms with E-state index in [0.29, 0.717) is 32.2 Å². The fraction of sp³-hybridized carbons (Fsp3) is 0.667. The van der Waals surface area contributed by atoms with E-state index >= 15 is 0 Å². The van der Waals surface area contributed by atoms with E-state index < -0.39 is 6.10 Å². The molecule has 1 aromatic heterocycles. The zero-order chi connectivity index (χ0) is 10.7. The number of Topliss-reactive ketones (excluding diaryl/α,β-unsaturated/α-hetero) is 1. The zero-order valence-electron chi connectivity index (χ0n) is 8.55.